The minimum Gasteiger partial charge on any atom is -0.325 e. The molecule has 1 aromatic carbocycles. The van der Waals surface area contributed by atoms with E-state index in [-0.39, 0.29) is 5.56 Å². The van der Waals surface area contributed by atoms with Gasteiger partial charge in [-0.2, -0.15) is 5.10 Å². The Kier molecular flexibility index (Phi) is 2.05. The maximum absolute atomic E-state index is 11.7. The number of rotatable bonds is 1. The Morgan fingerprint density at radius 3 is 2.64 bits per heavy atom. The highest BCUT2D eigenvalue weighted by Crippen LogP contribution is 2.11. The Morgan fingerprint density at radius 1 is 1.36 bits per heavy atom. The Balaban J connectivity index is 2.97. The number of benzene rings is 1. The van der Waals surface area contributed by atoms with E-state index < -0.39 is 0 Å². The van der Waals surface area contributed by atoms with Gasteiger partial charge in [0.2, 0.25) is 0 Å². The molecular weight excluding hydrogens is 178 g/mol. The van der Waals surface area contributed by atoms with Crippen LogP contribution in [0.15, 0.2) is 29.1 Å². The fourth-order valence-electron chi connectivity index (χ4n) is 1.53. The number of nitrogens with two attached hydrogens (primary N) is 1. The number of aromatic nitrogens is 2. The average molecular weight is 189 g/mol. The van der Waals surface area contributed by atoms with Crippen LogP contribution in [0.3, 0.4) is 0 Å². The Bertz CT molecular complexity index is 530. The maximum atomic E-state index is 11.7. The summed E-state index contributed by atoms with van der Waals surface area (Å²) >= 11 is 0. The van der Waals surface area contributed by atoms with Crippen molar-refractivity contribution in [2.75, 3.05) is 0 Å². The minimum atomic E-state index is -0.0854. The standard InChI is InChI=1S/C10H11N3O/c1-13-10(14)8-5-3-2-4-7(8)9(6-11)12-13/h2-5H,6,11H2,1H3. The van der Waals surface area contributed by atoms with Crippen LogP contribution < -0.4 is 11.3 Å². The fourth-order valence-corrected chi connectivity index (χ4v) is 1.53. The predicted octanol–water partition coefficient (Wildman–Crippen LogP) is 0.392. The summed E-state index contributed by atoms with van der Waals surface area (Å²) in [4.78, 5) is 11.7. The van der Waals surface area contributed by atoms with Gasteiger partial charge >= 0.3 is 0 Å². The molecule has 1 heterocycles. The fraction of sp³-hybridized carbons (Fsp3) is 0.200. The molecule has 0 radical (unpaired) electrons. The van der Waals surface area contributed by atoms with E-state index in [0.717, 1.165) is 11.1 Å². The predicted molar refractivity (Wildman–Crippen MR) is 54.9 cm³/mol. The van der Waals surface area contributed by atoms with Crippen molar-refractivity contribution in [1.29, 1.82) is 0 Å². The minimum absolute atomic E-state index is 0.0854. The lowest BCUT2D eigenvalue weighted by molar-refractivity contribution is 0.691. The maximum Gasteiger partial charge on any atom is 0.274 e. The summed E-state index contributed by atoms with van der Waals surface area (Å²) in [6.07, 6.45) is 0. The lowest BCUT2D eigenvalue weighted by atomic mass is 10.1. The van der Waals surface area contributed by atoms with E-state index in [0.29, 0.717) is 11.9 Å². The van der Waals surface area contributed by atoms with Crippen molar-refractivity contribution in [1.82, 2.24) is 9.78 Å². The second-order valence-electron chi connectivity index (χ2n) is 3.13. The molecule has 0 aliphatic rings. The molecule has 0 amide bonds. The van der Waals surface area contributed by atoms with E-state index in [2.05, 4.69) is 5.10 Å². The van der Waals surface area contributed by atoms with Gasteiger partial charge in [0.1, 0.15) is 0 Å². The van der Waals surface area contributed by atoms with Gasteiger partial charge in [-0.25, -0.2) is 4.68 Å². The third-order valence-electron chi connectivity index (χ3n) is 2.23. The van der Waals surface area contributed by atoms with Gasteiger partial charge < -0.3 is 5.73 Å². The molecule has 0 fully saturated rings. The van der Waals surface area contributed by atoms with Crippen molar-refractivity contribution in [2.45, 2.75) is 6.54 Å². The van der Waals surface area contributed by atoms with Crippen LogP contribution in [0.2, 0.25) is 0 Å². The van der Waals surface area contributed by atoms with Crippen molar-refractivity contribution in [2.24, 2.45) is 12.8 Å². The van der Waals surface area contributed by atoms with Crippen LogP contribution in [-0.2, 0) is 13.6 Å². The van der Waals surface area contributed by atoms with Gasteiger partial charge in [0.25, 0.3) is 5.56 Å². The molecule has 0 bridgehead atoms. The van der Waals surface area contributed by atoms with Crippen molar-refractivity contribution in [3.63, 3.8) is 0 Å². The molecule has 14 heavy (non-hydrogen) atoms. The van der Waals surface area contributed by atoms with Gasteiger partial charge in [-0.05, 0) is 6.07 Å². The van der Waals surface area contributed by atoms with Crippen LogP contribution in [0.25, 0.3) is 10.8 Å². The van der Waals surface area contributed by atoms with Crippen LogP contribution in [0.1, 0.15) is 5.69 Å². The molecule has 2 aromatic rings. The summed E-state index contributed by atoms with van der Waals surface area (Å²) in [6, 6.07) is 7.37. The van der Waals surface area contributed by atoms with E-state index in [4.69, 9.17) is 5.73 Å². The van der Waals surface area contributed by atoms with E-state index >= 15 is 0 Å². The monoisotopic (exact) mass is 189 g/mol. The third-order valence-corrected chi connectivity index (χ3v) is 2.23. The van der Waals surface area contributed by atoms with Crippen molar-refractivity contribution in [3.05, 3.63) is 40.3 Å². The second kappa shape index (κ2) is 3.23. The highest BCUT2D eigenvalue weighted by molar-refractivity contribution is 5.83. The molecule has 0 aliphatic carbocycles. The lowest BCUT2D eigenvalue weighted by Crippen LogP contribution is -2.22. The normalized spacial score (nSPS) is 10.7. The molecular formula is C10H11N3O. The number of hydrogen-bond acceptors (Lipinski definition) is 3. The highest BCUT2D eigenvalue weighted by Gasteiger charge is 2.05. The zero-order valence-corrected chi connectivity index (χ0v) is 7.90. The van der Waals surface area contributed by atoms with Gasteiger partial charge in [-0.3, -0.25) is 4.79 Å². The van der Waals surface area contributed by atoms with Gasteiger partial charge in [0.05, 0.1) is 11.1 Å². The molecule has 4 nitrogen and oxygen atoms in total. The van der Waals surface area contributed by atoms with Crippen molar-refractivity contribution >= 4 is 10.8 Å². The lowest BCUT2D eigenvalue weighted by Gasteiger charge is -2.05. The zero-order valence-electron chi connectivity index (χ0n) is 7.90. The third kappa shape index (κ3) is 1.20. The van der Waals surface area contributed by atoms with Gasteiger partial charge in [-0.1, -0.05) is 18.2 Å². The molecule has 0 saturated carbocycles. The van der Waals surface area contributed by atoms with Crippen LogP contribution in [0.5, 0.6) is 0 Å². The molecule has 1 aromatic heterocycles. The van der Waals surface area contributed by atoms with Gasteiger partial charge in [0.15, 0.2) is 0 Å². The molecule has 4 heteroatoms. The number of nitrogens with zero attached hydrogens (tertiary/aromatic N) is 2. The van der Waals surface area contributed by atoms with E-state index in [1.165, 1.54) is 4.68 Å². The highest BCUT2D eigenvalue weighted by atomic mass is 16.1. The molecule has 2 N–H and O–H groups in total. The number of hydrogen-bond donors (Lipinski definition) is 1. The summed E-state index contributed by atoms with van der Waals surface area (Å²) in [7, 11) is 1.63. The second-order valence-corrected chi connectivity index (χ2v) is 3.13. The van der Waals surface area contributed by atoms with Crippen LogP contribution >= 0.6 is 0 Å². The van der Waals surface area contributed by atoms with E-state index in [1.807, 2.05) is 18.2 Å². The number of fused-ring (bicyclic) bond motifs is 1. The summed E-state index contributed by atoms with van der Waals surface area (Å²) in [5, 5.41) is 5.62. The number of aryl methyl sites for hydroxylation is 1. The molecule has 0 spiro atoms. The summed E-state index contributed by atoms with van der Waals surface area (Å²) < 4.78 is 1.32. The van der Waals surface area contributed by atoms with Crippen LogP contribution in [0, 0.1) is 0 Å². The average Bonchev–Trinajstić information content (AvgIpc) is 2.23. The smallest absolute Gasteiger partial charge is 0.274 e. The topological polar surface area (TPSA) is 60.9 Å². The first kappa shape index (κ1) is 8.90. The first-order valence-corrected chi connectivity index (χ1v) is 4.39. The largest absolute Gasteiger partial charge is 0.325 e. The molecule has 72 valence electrons. The van der Waals surface area contributed by atoms with Crippen LogP contribution in [0.4, 0.5) is 0 Å². The first-order valence-electron chi connectivity index (χ1n) is 4.39. The Hall–Kier alpha value is -1.68. The van der Waals surface area contributed by atoms with Gasteiger partial charge in [0, 0.05) is 19.0 Å². The summed E-state index contributed by atoms with van der Waals surface area (Å²) in [5.41, 5.74) is 6.22. The van der Waals surface area contributed by atoms with Crippen molar-refractivity contribution in [3.8, 4) is 0 Å². The molecule has 0 aliphatic heterocycles. The van der Waals surface area contributed by atoms with E-state index in [9.17, 15) is 4.79 Å². The quantitative estimate of drug-likeness (QED) is 0.706. The molecule has 2 rings (SSSR count). The Morgan fingerprint density at radius 2 is 2.00 bits per heavy atom. The van der Waals surface area contributed by atoms with Crippen molar-refractivity contribution < 1.29 is 0 Å². The zero-order chi connectivity index (χ0) is 10.1. The van der Waals surface area contributed by atoms with E-state index in [1.54, 1.807) is 13.1 Å². The van der Waals surface area contributed by atoms with Gasteiger partial charge in [-0.15, -0.1) is 0 Å². The SMILES string of the molecule is Cn1nc(CN)c2ccccc2c1=O. The Labute approximate surface area is 81.0 Å². The summed E-state index contributed by atoms with van der Waals surface area (Å²) in [5.74, 6) is 0. The first-order chi connectivity index (χ1) is 6.74. The summed E-state index contributed by atoms with van der Waals surface area (Å²) in [6.45, 7) is 0.342. The molecule has 0 saturated heterocycles. The molecule has 0 unspecified atom stereocenters. The molecule has 0 atom stereocenters. The van der Waals surface area contributed by atoms with Crippen LogP contribution in [-0.4, -0.2) is 9.78 Å².